The number of nitrogens with zero attached hydrogens (tertiary/aromatic N) is 1. The molecule has 1 aliphatic carbocycles. The highest BCUT2D eigenvalue weighted by atomic mass is 35.5. The van der Waals surface area contributed by atoms with Crippen LogP contribution in [0.4, 0.5) is 0 Å². The van der Waals surface area contributed by atoms with E-state index in [9.17, 15) is 0 Å². The quantitative estimate of drug-likeness (QED) is 0.650. The molecule has 4 heteroatoms. The summed E-state index contributed by atoms with van der Waals surface area (Å²) in [6.45, 7) is 4.23. The molecule has 1 aromatic rings. The van der Waals surface area contributed by atoms with Gasteiger partial charge in [0.25, 0.3) is 0 Å². The van der Waals surface area contributed by atoms with Gasteiger partial charge in [0.1, 0.15) is 0 Å². The predicted octanol–water partition coefficient (Wildman–Crippen LogP) is 2.90. The van der Waals surface area contributed by atoms with E-state index in [1.165, 1.54) is 5.56 Å². The van der Waals surface area contributed by atoms with E-state index >= 15 is 0 Å². The summed E-state index contributed by atoms with van der Waals surface area (Å²) >= 11 is 5.87. The number of hydrogen-bond donors (Lipinski definition) is 2. The lowest BCUT2D eigenvalue weighted by Crippen LogP contribution is -2.38. The molecule has 1 fully saturated rings. The topological polar surface area (TPSA) is 50.4 Å². The third-order valence-electron chi connectivity index (χ3n) is 3.37. The zero-order valence-corrected chi connectivity index (χ0v) is 11.6. The van der Waals surface area contributed by atoms with Crippen LogP contribution in [-0.2, 0) is 0 Å². The second kappa shape index (κ2) is 5.61. The Labute approximate surface area is 113 Å². The van der Waals surface area contributed by atoms with E-state index < -0.39 is 0 Å². The Morgan fingerprint density at radius 1 is 1.50 bits per heavy atom. The zero-order valence-electron chi connectivity index (χ0n) is 10.9. The van der Waals surface area contributed by atoms with Crippen LogP contribution in [0.15, 0.2) is 29.3 Å². The lowest BCUT2D eigenvalue weighted by atomic mass is 10.1. The van der Waals surface area contributed by atoms with Crippen molar-refractivity contribution >= 4 is 17.6 Å². The van der Waals surface area contributed by atoms with Gasteiger partial charge in [-0.15, -0.1) is 0 Å². The van der Waals surface area contributed by atoms with Crippen LogP contribution in [-0.4, -0.2) is 18.0 Å². The molecule has 0 aliphatic heterocycles. The summed E-state index contributed by atoms with van der Waals surface area (Å²) in [5.41, 5.74) is 7.17. The maximum atomic E-state index is 5.87. The zero-order chi connectivity index (χ0) is 13.1. The Morgan fingerprint density at radius 2 is 2.17 bits per heavy atom. The molecular weight excluding hydrogens is 246 g/mol. The van der Waals surface area contributed by atoms with E-state index in [1.54, 1.807) is 0 Å². The molecule has 1 aliphatic rings. The molecule has 0 radical (unpaired) electrons. The van der Waals surface area contributed by atoms with Crippen molar-refractivity contribution in [3.8, 4) is 0 Å². The fourth-order valence-electron chi connectivity index (χ4n) is 1.96. The molecule has 0 saturated heterocycles. The van der Waals surface area contributed by atoms with Gasteiger partial charge in [0.05, 0.1) is 6.04 Å². The van der Waals surface area contributed by atoms with Gasteiger partial charge in [-0.1, -0.05) is 30.7 Å². The van der Waals surface area contributed by atoms with E-state index in [-0.39, 0.29) is 0 Å². The molecule has 3 atom stereocenters. The molecular formula is C14H20ClN3. The van der Waals surface area contributed by atoms with Crippen LogP contribution >= 0.6 is 11.6 Å². The third kappa shape index (κ3) is 3.39. The van der Waals surface area contributed by atoms with E-state index in [0.29, 0.717) is 24.0 Å². The van der Waals surface area contributed by atoms with Crippen LogP contribution in [0.25, 0.3) is 0 Å². The number of rotatable bonds is 4. The number of nitrogens with two attached hydrogens (primary N) is 1. The Morgan fingerprint density at radius 3 is 2.78 bits per heavy atom. The van der Waals surface area contributed by atoms with E-state index in [1.807, 2.05) is 12.1 Å². The van der Waals surface area contributed by atoms with E-state index in [0.717, 1.165) is 17.9 Å². The number of aliphatic imine (C=N–C) groups is 1. The van der Waals surface area contributed by atoms with Crippen LogP contribution in [0.2, 0.25) is 5.02 Å². The minimum atomic E-state index is 0.322. The normalized spacial score (nSPS) is 24.7. The molecule has 18 heavy (non-hydrogen) atoms. The highest BCUT2D eigenvalue weighted by Crippen LogP contribution is 2.43. The van der Waals surface area contributed by atoms with Gasteiger partial charge < -0.3 is 11.1 Å². The molecule has 0 spiro atoms. The Balaban J connectivity index is 1.91. The minimum Gasteiger partial charge on any atom is -0.370 e. The summed E-state index contributed by atoms with van der Waals surface area (Å²) in [7, 11) is 0. The molecule has 1 unspecified atom stereocenters. The van der Waals surface area contributed by atoms with Gasteiger partial charge >= 0.3 is 0 Å². The first-order chi connectivity index (χ1) is 8.60. The number of benzene rings is 1. The standard InChI is InChI=1S/C14H20ClN3/c1-3-9(2)17-14(16)18-13-8-12(13)10-4-6-11(15)7-5-10/h4-7,9,12-13H,3,8H2,1-2H3,(H3,16,17,18)/t9?,12-,13+/m0/s1. The maximum Gasteiger partial charge on any atom is 0.189 e. The molecule has 1 aromatic carbocycles. The van der Waals surface area contributed by atoms with Crippen molar-refractivity contribution in [2.24, 2.45) is 10.7 Å². The SMILES string of the molecule is CCC(C)NC(N)=N[C@@H]1C[C@H]1c1ccc(Cl)cc1. The monoisotopic (exact) mass is 265 g/mol. The number of hydrogen-bond acceptors (Lipinski definition) is 1. The van der Waals surface area contributed by atoms with Crippen molar-refractivity contribution in [2.75, 3.05) is 0 Å². The first-order valence-electron chi connectivity index (χ1n) is 6.45. The van der Waals surface area contributed by atoms with E-state index in [2.05, 4.69) is 36.3 Å². The van der Waals surface area contributed by atoms with Gasteiger partial charge in [0.2, 0.25) is 0 Å². The van der Waals surface area contributed by atoms with E-state index in [4.69, 9.17) is 17.3 Å². The summed E-state index contributed by atoms with van der Waals surface area (Å²) in [5.74, 6) is 1.06. The first-order valence-corrected chi connectivity index (χ1v) is 6.83. The molecule has 0 heterocycles. The van der Waals surface area contributed by atoms with Gasteiger partial charge in [-0.2, -0.15) is 0 Å². The first kappa shape index (κ1) is 13.2. The largest absolute Gasteiger partial charge is 0.370 e. The molecule has 0 amide bonds. The second-order valence-corrected chi connectivity index (χ2v) is 5.37. The Kier molecular flexibility index (Phi) is 4.12. The highest BCUT2D eigenvalue weighted by molar-refractivity contribution is 6.30. The van der Waals surface area contributed by atoms with Crippen molar-refractivity contribution in [1.82, 2.24) is 5.32 Å². The minimum absolute atomic E-state index is 0.322. The van der Waals surface area contributed by atoms with Gasteiger partial charge in [0.15, 0.2) is 5.96 Å². The molecule has 3 nitrogen and oxygen atoms in total. The Hall–Kier alpha value is -1.22. The van der Waals surface area contributed by atoms with Crippen molar-refractivity contribution in [3.63, 3.8) is 0 Å². The van der Waals surface area contributed by atoms with Gasteiger partial charge in [-0.25, -0.2) is 4.99 Å². The highest BCUT2D eigenvalue weighted by Gasteiger charge is 2.38. The third-order valence-corrected chi connectivity index (χ3v) is 3.62. The molecule has 0 aromatic heterocycles. The summed E-state index contributed by atoms with van der Waals surface area (Å²) in [6, 6.07) is 8.69. The Bertz CT molecular complexity index is 427. The second-order valence-electron chi connectivity index (χ2n) is 4.93. The fraction of sp³-hybridized carbons (Fsp3) is 0.500. The lowest BCUT2D eigenvalue weighted by molar-refractivity contribution is 0.636. The van der Waals surface area contributed by atoms with Crippen LogP contribution in [0.1, 0.15) is 38.2 Å². The summed E-state index contributed by atoms with van der Waals surface area (Å²) in [5, 5.41) is 3.96. The van der Waals surface area contributed by atoms with Crippen molar-refractivity contribution in [1.29, 1.82) is 0 Å². The van der Waals surface area contributed by atoms with Crippen molar-refractivity contribution < 1.29 is 0 Å². The van der Waals surface area contributed by atoms with Gasteiger partial charge in [-0.05, 0) is 37.5 Å². The molecule has 1 saturated carbocycles. The van der Waals surface area contributed by atoms with Crippen LogP contribution in [0.3, 0.4) is 0 Å². The predicted molar refractivity (Wildman–Crippen MR) is 77.1 cm³/mol. The van der Waals surface area contributed by atoms with Crippen LogP contribution in [0, 0.1) is 0 Å². The molecule has 2 rings (SSSR count). The van der Waals surface area contributed by atoms with Crippen molar-refractivity contribution in [3.05, 3.63) is 34.9 Å². The maximum absolute atomic E-state index is 5.87. The van der Waals surface area contributed by atoms with Gasteiger partial charge in [0, 0.05) is 17.0 Å². The van der Waals surface area contributed by atoms with Gasteiger partial charge in [-0.3, -0.25) is 0 Å². The summed E-state index contributed by atoms with van der Waals surface area (Å²) in [6.07, 6.45) is 2.12. The number of guanidine groups is 1. The summed E-state index contributed by atoms with van der Waals surface area (Å²) in [4.78, 5) is 4.51. The summed E-state index contributed by atoms with van der Waals surface area (Å²) < 4.78 is 0. The fourth-order valence-corrected chi connectivity index (χ4v) is 2.09. The lowest BCUT2D eigenvalue weighted by Gasteiger charge is -2.11. The molecule has 0 bridgehead atoms. The molecule has 3 N–H and O–H groups in total. The van der Waals surface area contributed by atoms with Crippen LogP contribution < -0.4 is 11.1 Å². The average Bonchev–Trinajstić information content (AvgIpc) is 3.08. The smallest absolute Gasteiger partial charge is 0.189 e. The number of halogens is 1. The van der Waals surface area contributed by atoms with Crippen molar-refractivity contribution in [2.45, 2.75) is 44.7 Å². The molecule has 98 valence electrons. The number of nitrogens with one attached hydrogen (secondary N) is 1. The van der Waals surface area contributed by atoms with Crippen LogP contribution in [0.5, 0.6) is 0 Å². The average molecular weight is 266 g/mol.